The first-order valence-corrected chi connectivity index (χ1v) is 8.20. The van der Waals surface area contributed by atoms with E-state index in [4.69, 9.17) is 0 Å². The minimum Gasteiger partial charge on any atom is -0.365 e. The van der Waals surface area contributed by atoms with Crippen molar-refractivity contribution in [3.63, 3.8) is 0 Å². The van der Waals surface area contributed by atoms with E-state index in [9.17, 15) is 9.59 Å². The van der Waals surface area contributed by atoms with Crippen molar-refractivity contribution < 1.29 is 0 Å². The minimum atomic E-state index is -0.379. The van der Waals surface area contributed by atoms with E-state index >= 15 is 0 Å². The van der Waals surface area contributed by atoms with Crippen LogP contribution in [-0.4, -0.2) is 9.55 Å². The third kappa shape index (κ3) is 3.09. The Morgan fingerprint density at radius 2 is 1.83 bits per heavy atom. The van der Waals surface area contributed by atoms with Gasteiger partial charge in [-0.2, -0.15) is 0 Å². The highest BCUT2D eigenvalue weighted by Gasteiger charge is 2.14. The quantitative estimate of drug-likeness (QED) is 0.912. The average Bonchev–Trinajstić information content (AvgIpc) is 2.93. The number of nitrogens with one attached hydrogen (secondary N) is 2. The Morgan fingerprint density at radius 3 is 2.52 bits per heavy atom. The zero-order valence-corrected chi connectivity index (χ0v) is 13.8. The highest BCUT2D eigenvalue weighted by Crippen LogP contribution is 2.26. The zero-order valence-electron chi connectivity index (χ0n) is 13.8. The van der Waals surface area contributed by atoms with Crippen LogP contribution in [0.15, 0.2) is 33.9 Å². The molecule has 2 N–H and O–H groups in total. The van der Waals surface area contributed by atoms with Crippen molar-refractivity contribution in [2.24, 2.45) is 0 Å². The molecule has 1 heterocycles. The summed E-state index contributed by atoms with van der Waals surface area (Å²) < 4.78 is 1.21. The molecule has 3 rings (SSSR count). The maximum atomic E-state index is 12.1. The van der Waals surface area contributed by atoms with E-state index in [1.54, 1.807) is 0 Å². The normalized spacial score (nSPS) is 14.8. The molecular weight excluding hydrogens is 290 g/mol. The third-order valence-corrected chi connectivity index (χ3v) is 4.48. The van der Waals surface area contributed by atoms with Crippen LogP contribution in [0.25, 0.3) is 0 Å². The Kier molecular flexibility index (Phi) is 4.11. The van der Waals surface area contributed by atoms with Gasteiger partial charge in [-0.3, -0.25) is 14.3 Å². The predicted octanol–water partition coefficient (Wildman–Crippen LogP) is 2.78. The van der Waals surface area contributed by atoms with Gasteiger partial charge in [0.1, 0.15) is 5.82 Å². The van der Waals surface area contributed by atoms with Gasteiger partial charge in [0.25, 0.3) is 5.56 Å². The lowest BCUT2D eigenvalue weighted by Gasteiger charge is -2.17. The lowest BCUT2D eigenvalue weighted by atomic mass is 10.0. The van der Waals surface area contributed by atoms with Crippen LogP contribution in [0.5, 0.6) is 0 Å². The molecular formula is C18H23N3O2. The van der Waals surface area contributed by atoms with Crippen molar-refractivity contribution >= 4 is 5.82 Å². The van der Waals surface area contributed by atoms with Gasteiger partial charge in [-0.05, 0) is 56.7 Å². The largest absolute Gasteiger partial charge is 0.365 e. The molecule has 5 heteroatoms. The summed E-state index contributed by atoms with van der Waals surface area (Å²) >= 11 is 0. The molecule has 1 aliphatic carbocycles. The minimum absolute atomic E-state index is 0.0193. The maximum Gasteiger partial charge on any atom is 0.330 e. The van der Waals surface area contributed by atoms with Crippen LogP contribution in [0.2, 0.25) is 0 Å². The smallest absolute Gasteiger partial charge is 0.330 e. The third-order valence-electron chi connectivity index (χ3n) is 4.48. The van der Waals surface area contributed by atoms with Crippen molar-refractivity contribution in [1.82, 2.24) is 9.55 Å². The Bertz CT molecular complexity index is 802. The topological polar surface area (TPSA) is 66.9 Å². The highest BCUT2D eigenvalue weighted by molar-refractivity contribution is 5.41. The molecule has 0 amide bonds. The predicted molar refractivity (Wildman–Crippen MR) is 92.2 cm³/mol. The summed E-state index contributed by atoms with van der Waals surface area (Å²) in [5, 5.41) is 3.23. The first-order valence-electron chi connectivity index (χ1n) is 8.20. The molecule has 1 atom stereocenters. The molecule has 0 spiro atoms. The van der Waals surface area contributed by atoms with Crippen LogP contribution in [0, 0.1) is 0 Å². The van der Waals surface area contributed by atoms with E-state index in [1.807, 2.05) is 20.8 Å². The van der Waals surface area contributed by atoms with E-state index in [0.29, 0.717) is 5.82 Å². The summed E-state index contributed by atoms with van der Waals surface area (Å²) in [4.78, 5) is 26.9. The number of fused-ring (bicyclic) bond motifs is 1. The molecule has 23 heavy (non-hydrogen) atoms. The van der Waals surface area contributed by atoms with Crippen LogP contribution < -0.4 is 16.6 Å². The van der Waals surface area contributed by atoms with Crippen molar-refractivity contribution in [1.29, 1.82) is 0 Å². The summed E-state index contributed by atoms with van der Waals surface area (Å²) in [6.07, 6.45) is 3.52. The van der Waals surface area contributed by atoms with Gasteiger partial charge >= 0.3 is 5.69 Å². The zero-order chi connectivity index (χ0) is 16.6. The van der Waals surface area contributed by atoms with Gasteiger partial charge in [0.15, 0.2) is 0 Å². The standard InChI is InChI=1S/C18H23N3O2/c1-11(2)21-17(22)10-16(20-18(21)23)19-12(3)14-8-7-13-5-4-6-15(13)9-14/h7-12,19H,4-6H2,1-3H3,(H,20,23)/t12-/m0/s1. The van der Waals surface area contributed by atoms with Gasteiger partial charge in [-0.1, -0.05) is 18.2 Å². The Balaban J connectivity index is 1.84. The van der Waals surface area contributed by atoms with E-state index < -0.39 is 0 Å². The summed E-state index contributed by atoms with van der Waals surface area (Å²) in [7, 11) is 0. The van der Waals surface area contributed by atoms with E-state index in [1.165, 1.54) is 33.7 Å². The van der Waals surface area contributed by atoms with E-state index in [-0.39, 0.29) is 23.3 Å². The van der Waals surface area contributed by atoms with Crippen LogP contribution in [0.3, 0.4) is 0 Å². The lowest BCUT2D eigenvalue weighted by Crippen LogP contribution is -2.36. The van der Waals surface area contributed by atoms with Crippen molar-refractivity contribution in [2.45, 2.75) is 52.1 Å². The molecule has 0 saturated heterocycles. The molecule has 0 radical (unpaired) electrons. The van der Waals surface area contributed by atoms with Gasteiger partial charge in [0.2, 0.25) is 0 Å². The fourth-order valence-electron chi connectivity index (χ4n) is 3.25. The first-order chi connectivity index (χ1) is 11.0. The molecule has 0 fully saturated rings. The SMILES string of the molecule is CC(C)n1c(=O)cc(N[C@@H](C)c2ccc3c(c2)CCC3)[nH]c1=O. The number of aromatic nitrogens is 2. The summed E-state index contributed by atoms with van der Waals surface area (Å²) in [6, 6.07) is 7.85. The number of nitrogens with zero attached hydrogens (tertiary/aromatic N) is 1. The number of hydrogen-bond acceptors (Lipinski definition) is 3. The summed E-state index contributed by atoms with van der Waals surface area (Å²) in [5.41, 5.74) is 3.36. The number of aryl methyl sites for hydroxylation is 2. The summed E-state index contributed by atoms with van der Waals surface area (Å²) in [6.45, 7) is 5.66. The lowest BCUT2D eigenvalue weighted by molar-refractivity contribution is 0.546. The molecule has 0 unspecified atom stereocenters. The number of benzene rings is 1. The van der Waals surface area contributed by atoms with Crippen molar-refractivity contribution in [3.8, 4) is 0 Å². The second-order valence-corrected chi connectivity index (χ2v) is 6.54. The maximum absolute atomic E-state index is 12.1. The molecule has 2 aromatic rings. The van der Waals surface area contributed by atoms with E-state index in [0.717, 1.165) is 12.8 Å². The van der Waals surface area contributed by atoms with Gasteiger partial charge in [-0.15, -0.1) is 0 Å². The first kappa shape index (κ1) is 15.6. The summed E-state index contributed by atoms with van der Waals surface area (Å²) in [5.74, 6) is 0.463. The van der Waals surface area contributed by atoms with E-state index in [2.05, 4.69) is 28.5 Å². The fraction of sp³-hybridized carbons (Fsp3) is 0.444. The molecule has 0 bridgehead atoms. The Morgan fingerprint density at radius 1 is 1.09 bits per heavy atom. The number of anilines is 1. The number of H-pyrrole nitrogens is 1. The monoisotopic (exact) mass is 313 g/mol. The molecule has 1 aromatic carbocycles. The van der Waals surface area contributed by atoms with Crippen LogP contribution in [-0.2, 0) is 12.8 Å². The van der Waals surface area contributed by atoms with Gasteiger partial charge < -0.3 is 5.32 Å². The molecule has 5 nitrogen and oxygen atoms in total. The number of hydrogen-bond donors (Lipinski definition) is 2. The van der Waals surface area contributed by atoms with Gasteiger partial charge in [0.05, 0.1) is 0 Å². The molecule has 0 aliphatic heterocycles. The van der Waals surface area contributed by atoms with Gasteiger partial charge in [-0.25, -0.2) is 4.79 Å². The number of rotatable bonds is 4. The highest BCUT2D eigenvalue weighted by atomic mass is 16.2. The van der Waals surface area contributed by atoms with Crippen LogP contribution in [0.4, 0.5) is 5.82 Å². The van der Waals surface area contributed by atoms with Crippen molar-refractivity contribution in [2.75, 3.05) is 5.32 Å². The Hall–Kier alpha value is -2.30. The fourth-order valence-corrected chi connectivity index (χ4v) is 3.25. The number of aromatic amines is 1. The van der Waals surface area contributed by atoms with Crippen LogP contribution in [0.1, 0.15) is 56.0 Å². The average molecular weight is 313 g/mol. The second-order valence-electron chi connectivity index (χ2n) is 6.54. The molecule has 0 saturated carbocycles. The Labute approximate surface area is 135 Å². The second kappa shape index (κ2) is 6.07. The molecule has 122 valence electrons. The van der Waals surface area contributed by atoms with Gasteiger partial charge in [0, 0.05) is 18.2 Å². The molecule has 1 aliphatic rings. The van der Waals surface area contributed by atoms with Crippen molar-refractivity contribution in [3.05, 3.63) is 61.8 Å². The molecule has 1 aromatic heterocycles. The van der Waals surface area contributed by atoms with Crippen LogP contribution >= 0.6 is 0 Å².